The van der Waals surface area contributed by atoms with Gasteiger partial charge in [0.05, 0.1) is 18.8 Å². The molecule has 2 saturated heterocycles. The third-order valence-electron chi connectivity index (χ3n) is 6.32. The molecule has 2 aliphatic heterocycles. The highest BCUT2D eigenvalue weighted by Gasteiger charge is 2.44. The number of piperidine rings is 1. The van der Waals surface area contributed by atoms with Gasteiger partial charge >= 0.3 is 6.09 Å². The fraction of sp³-hybridized carbons (Fsp3) is 0.417. The van der Waals surface area contributed by atoms with E-state index in [-0.39, 0.29) is 12.6 Å². The maximum atomic E-state index is 13.1. The van der Waals surface area contributed by atoms with E-state index in [9.17, 15) is 9.59 Å². The lowest BCUT2D eigenvalue weighted by Crippen LogP contribution is -2.48. The Morgan fingerprint density at radius 1 is 1.12 bits per heavy atom. The van der Waals surface area contributed by atoms with Crippen LogP contribution in [0.3, 0.4) is 0 Å². The van der Waals surface area contributed by atoms with Crippen molar-refractivity contribution in [2.75, 3.05) is 33.0 Å². The van der Waals surface area contributed by atoms with Gasteiger partial charge in [-0.3, -0.25) is 4.79 Å². The fourth-order valence-electron chi connectivity index (χ4n) is 4.26. The normalized spacial score (nSPS) is 17.4. The van der Waals surface area contributed by atoms with Gasteiger partial charge in [-0.05, 0) is 55.2 Å². The number of carbonyl (C=O) groups is 2. The molecule has 9 heteroatoms. The van der Waals surface area contributed by atoms with Crippen molar-refractivity contribution < 1.29 is 24.2 Å². The first-order valence-electron chi connectivity index (χ1n) is 10.8. The highest BCUT2D eigenvalue weighted by Crippen LogP contribution is 2.33. The molecule has 0 unspecified atom stereocenters. The topological polar surface area (TPSA) is 79.3 Å². The van der Waals surface area contributed by atoms with Crippen LogP contribution < -0.4 is 4.74 Å². The summed E-state index contributed by atoms with van der Waals surface area (Å²) < 4.78 is 12.0. The van der Waals surface area contributed by atoms with E-state index in [0.29, 0.717) is 66.9 Å². The van der Waals surface area contributed by atoms with Gasteiger partial charge < -0.3 is 24.4 Å². The zero-order valence-corrected chi connectivity index (χ0v) is 19.9. The second kappa shape index (κ2) is 9.79. The van der Waals surface area contributed by atoms with Gasteiger partial charge in [0.1, 0.15) is 12.5 Å². The summed E-state index contributed by atoms with van der Waals surface area (Å²) in [4.78, 5) is 27.4. The van der Waals surface area contributed by atoms with E-state index in [1.807, 2.05) is 19.1 Å². The number of carboxylic acid groups (broad SMARTS) is 1. The molecular weight excluding hydrogens is 467 g/mol. The quantitative estimate of drug-likeness (QED) is 0.644. The monoisotopic (exact) mass is 492 g/mol. The minimum absolute atomic E-state index is 0.127. The summed E-state index contributed by atoms with van der Waals surface area (Å²) in [6.07, 6.45) is 0.863. The van der Waals surface area contributed by atoms with Crippen molar-refractivity contribution in [3.8, 4) is 5.75 Å². The first kappa shape index (κ1) is 23.7. The van der Waals surface area contributed by atoms with Crippen molar-refractivity contribution in [1.82, 2.24) is 9.80 Å². The minimum Gasteiger partial charge on any atom is -0.493 e. The summed E-state index contributed by atoms with van der Waals surface area (Å²) in [5.74, 6) is 0.522. The van der Waals surface area contributed by atoms with Gasteiger partial charge in [0, 0.05) is 35.1 Å². The average molecular weight is 493 g/mol. The van der Waals surface area contributed by atoms with E-state index in [4.69, 9.17) is 37.8 Å². The average Bonchev–Trinajstić information content (AvgIpc) is 3.19. The first-order chi connectivity index (χ1) is 15.8. The molecular formula is C24H26Cl2N2O5. The first-order valence-corrected chi connectivity index (χ1v) is 11.6. The van der Waals surface area contributed by atoms with Crippen LogP contribution >= 0.6 is 23.2 Å². The van der Waals surface area contributed by atoms with E-state index in [1.165, 1.54) is 4.90 Å². The summed E-state index contributed by atoms with van der Waals surface area (Å²) in [5.41, 5.74) is 1.94. The lowest BCUT2D eigenvalue weighted by molar-refractivity contribution is -0.0349. The summed E-state index contributed by atoms with van der Waals surface area (Å²) >= 11 is 12.2. The molecule has 0 radical (unpaired) electrons. The highest BCUT2D eigenvalue weighted by atomic mass is 35.5. The number of benzene rings is 2. The molecule has 2 aliphatic rings. The second-order valence-electron chi connectivity index (χ2n) is 8.54. The third kappa shape index (κ3) is 5.37. The Morgan fingerprint density at radius 3 is 2.58 bits per heavy atom. The Morgan fingerprint density at radius 2 is 1.88 bits per heavy atom. The molecule has 0 aliphatic carbocycles. The number of likely N-dealkylation sites (tertiary alicyclic amines) is 1. The van der Waals surface area contributed by atoms with Crippen molar-refractivity contribution in [2.45, 2.75) is 31.8 Å². The molecule has 0 saturated carbocycles. The van der Waals surface area contributed by atoms with Crippen molar-refractivity contribution >= 4 is 35.2 Å². The van der Waals surface area contributed by atoms with E-state index >= 15 is 0 Å². The van der Waals surface area contributed by atoms with Crippen molar-refractivity contribution in [3.63, 3.8) is 0 Å². The van der Waals surface area contributed by atoms with Gasteiger partial charge in [-0.1, -0.05) is 35.3 Å². The number of nitrogens with zero attached hydrogens (tertiary/aromatic N) is 2. The third-order valence-corrected chi connectivity index (χ3v) is 6.90. The molecule has 0 bridgehead atoms. The molecule has 0 atom stereocenters. The van der Waals surface area contributed by atoms with E-state index in [0.717, 1.165) is 11.1 Å². The summed E-state index contributed by atoms with van der Waals surface area (Å²) in [7, 11) is 0. The van der Waals surface area contributed by atoms with E-state index < -0.39 is 11.7 Å². The highest BCUT2D eigenvalue weighted by molar-refractivity contribution is 6.35. The molecule has 2 aromatic rings. The van der Waals surface area contributed by atoms with Crippen LogP contribution in [0.5, 0.6) is 5.75 Å². The van der Waals surface area contributed by atoms with Gasteiger partial charge in [-0.2, -0.15) is 0 Å². The summed E-state index contributed by atoms with van der Waals surface area (Å²) in [5, 5.41) is 10.3. The molecule has 1 spiro atoms. The fourth-order valence-corrected chi connectivity index (χ4v) is 4.76. The molecule has 2 fully saturated rings. The van der Waals surface area contributed by atoms with Gasteiger partial charge in [-0.15, -0.1) is 0 Å². The van der Waals surface area contributed by atoms with Crippen molar-refractivity contribution in [3.05, 3.63) is 63.1 Å². The van der Waals surface area contributed by atoms with Crippen LogP contribution in [-0.2, 0) is 11.2 Å². The Balaban J connectivity index is 1.37. The zero-order chi connectivity index (χ0) is 23.6. The number of ether oxygens (including phenoxy) is 2. The number of hydrogen-bond donors (Lipinski definition) is 1. The lowest BCUT2D eigenvalue weighted by Gasteiger charge is -2.36. The number of carbonyl (C=O) groups excluding carboxylic acids is 1. The van der Waals surface area contributed by atoms with Crippen LogP contribution in [0.1, 0.15) is 34.3 Å². The Bertz CT molecular complexity index is 1050. The van der Waals surface area contributed by atoms with E-state index in [2.05, 4.69) is 0 Å². The summed E-state index contributed by atoms with van der Waals surface area (Å²) in [6, 6.07) is 10.8. The largest absolute Gasteiger partial charge is 0.493 e. The van der Waals surface area contributed by atoms with Gasteiger partial charge in [0.2, 0.25) is 0 Å². The van der Waals surface area contributed by atoms with Crippen LogP contribution in [0.4, 0.5) is 4.79 Å². The minimum atomic E-state index is -0.915. The molecule has 2 amide bonds. The van der Waals surface area contributed by atoms with Gasteiger partial charge in [-0.25, -0.2) is 4.79 Å². The van der Waals surface area contributed by atoms with Crippen LogP contribution in [0, 0.1) is 6.92 Å². The zero-order valence-electron chi connectivity index (χ0n) is 18.4. The Hall–Kier alpha value is -2.48. The predicted molar refractivity (Wildman–Crippen MR) is 125 cm³/mol. The number of amides is 2. The number of rotatable bonds is 5. The van der Waals surface area contributed by atoms with E-state index in [1.54, 1.807) is 29.2 Å². The number of hydrogen-bond acceptors (Lipinski definition) is 4. The molecule has 33 heavy (non-hydrogen) atoms. The maximum Gasteiger partial charge on any atom is 0.407 e. The number of aryl methyl sites for hydroxylation is 1. The van der Waals surface area contributed by atoms with Gasteiger partial charge in [0.15, 0.2) is 0 Å². The Kier molecular flexibility index (Phi) is 7.02. The SMILES string of the molecule is Cc1ccc(C(=O)N2COC3(CCN(C(=O)O)CC3)C2)cc1OCCc1ccc(Cl)cc1Cl. The van der Waals surface area contributed by atoms with Gasteiger partial charge in [0.25, 0.3) is 5.91 Å². The van der Waals surface area contributed by atoms with Crippen LogP contribution in [0.15, 0.2) is 36.4 Å². The molecule has 4 rings (SSSR count). The molecule has 2 aromatic carbocycles. The van der Waals surface area contributed by atoms with Crippen molar-refractivity contribution in [2.24, 2.45) is 0 Å². The molecule has 7 nitrogen and oxygen atoms in total. The number of halogens is 2. The molecule has 2 heterocycles. The van der Waals surface area contributed by atoms with Crippen LogP contribution in [0.2, 0.25) is 10.0 Å². The smallest absolute Gasteiger partial charge is 0.407 e. The predicted octanol–water partition coefficient (Wildman–Crippen LogP) is 4.87. The molecule has 1 N–H and O–H groups in total. The van der Waals surface area contributed by atoms with Crippen molar-refractivity contribution in [1.29, 1.82) is 0 Å². The standard InChI is InChI=1S/C24H26Cl2N2O5/c1-16-2-3-18(12-21(16)32-11-6-17-4-5-19(25)13-20(17)26)22(29)28-14-24(33-15-28)7-9-27(10-8-24)23(30)31/h2-5,12-13H,6-11,14-15H2,1H3,(H,30,31). The molecule has 176 valence electrons. The second-order valence-corrected chi connectivity index (χ2v) is 9.39. The van der Waals surface area contributed by atoms with Crippen LogP contribution in [0.25, 0.3) is 0 Å². The maximum absolute atomic E-state index is 13.1. The van der Waals surface area contributed by atoms with Crippen LogP contribution in [-0.4, -0.2) is 65.5 Å². The lowest BCUT2D eigenvalue weighted by atomic mass is 9.91. The molecule has 0 aromatic heterocycles. The summed E-state index contributed by atoms with van der Waals surface area (Å²) in [6.45, 7) is 3.83. The Labute approximate surface area is 202 Å².